The van der Waals surface area contributed by atoms with Gasteiger partial charge < -0.3 is 10.6 Å². The lowest BCUT2D eigenvalue weighted by atomic mass is 9.90. The summed E-state index contributed by atoms with van der Waals surface area (Å²) in [4.78, 5) is 12.4. The molecule has 4 heteroatoms. The molecule has 0 aromatic heterocycles. The van der Waals surface area contributed by atoms with E-state index in [1.54, 1.807) is 0 Å². The quantitative estimate of drug-likeness (QED) is 0.872. The first-order valence-corrected chi connectivity index (χ1v) is 8.05. The van der Waals surface area contributed by atoms with Gasteiger partial charge in [0, 0.05) is 17.5 Å². The molecule has 0 spiro atoms. The van der Waals surface area contributed by atoms with Gasteiger partial charge in [0.25, 0.3) is 0 Å². The van der Waals surface area contributed by atoms with Gasteiger partial charge in [-0.15, -0.1) is 12.4 Å². The summed E-state index contributed by atoms with van der Waals surface area (Å²) < 4.78 is 0. The largest absolute Gasteiger partial charge is 0.351 e. The van der Waals surface area contributed by atoms with E-state index in [0.29, 0.717) is 6.04 Å². The molecule has 22 heavy (non-hydrogen) atoms. The molecule has 1 fully saturated rings. The van der Waals surface area contributed by atoms with E-state index in [2.05, 4.69) is 55.7 Å². The van der Waals surface area contributed by atoms with Crippen molar-refractivity contribution in [1.82, 2.24) is 10.6 Å². The molecule has 1 aromatic carbocycles. The van der Waals surface area contributed by atoms with Crippen LogP contribution in [0.5, 0.6) is 0 Å². The number of amides is 1. The van der Waals surface area contributed by atoms with Gasteiger partial charge in [0.05, 0.1) is 0 Å². The molecule has 0 unspecified atom stereocenters. The molecule has 1 saturated heterocycles. The first-order valence-electron chi connectivity index (χ1n) is 8.05. The number of aryl methyl sites for hydroxylation is 1. The van der Waals surface area contributed by atoms with Crippen LogP contribution in [0.2, 0.25) is 0 Å². The zero-order valence-corrected chi connectivity index (χ0v) is 14.7. The second-order valence-corrected chi connectivity index (χ2v) is 6.94. The predicted molar refractivity (Wildman–Crippen MR) is 94.4 cm³/mol. The number of benzene rings is 1. The summed E-state index contributed by atoms with van der Waals surface area (Å²) in [5.41, 5.74) is 1.18. The molecular weight excluding hydrogens is 296 g/mol. The molecule has 0 saturated carbocycles. The van der Waals surface area contributed by atoms with E-state index in [-0.39, 0.29) is 29.8 Å². The number of carbonyl (C=O) groups excluding carboxylic acids is 1. The Morgan fingerprint density at radius 1 is 1.32 bits per heavy atom. The number of rotatable bonds is 5. The Kier molecular flexibility index (Phi) is 7.37. The Balaban J connectivity index is 0.00000242. The summed E-state index contributed by atoms with van der Waals surface area (Å²) in [6.45, 7) is 7.35. The minimum atomic E-state index is -0.152. The highest BCUT2D eigenvalue weighted by Crippen LogP contribution is 2.19. The van der Waals surface area contributed by atoms with Gasteiger partial charge in [-0.2, -0.15) is 0 Å². The average Bonchev–Trinajstić information content (AvgIpc) is 2.46. The third kappa shape index (κ3) is 5.98. The molecule has 2 rings (SSSR count). The first-order chi connectivity index (χ1) is 9.96. The fraction of sp³-hybridized carbons (Fsp3) is 0.611. The van der Waals surface area contributed by atoms with Crippen LogP contribution < -0.4 is 10.6 Å². The monoisotopic (exact) mass is 324 g/mol. The lowest BCUT2D eigenvalue weighted by Gasteiger charge is -2.32. The van der Waals surface area contributed by atoms with Crippen LogP contribution >= 0.6 is 12.4 Å². The Labute approximate surface area is 140 Å². The summed E-state index contributed by atoms with van der Waals surface area (Å²) in [6.07, 6.45) is 3.85. The standard InChI is InChI=1S/C18H28N2O.ClH/c1-14-13-16(10-12-19-14)17(21)20-18(2,3)11-9-15-7-5-4-6-8-15;/h4-8,14,16,19H,9-13H2,1-3H3,(H,20,21);1H/t14-,16-;/m0./s1. The van der Waals surface area contributed by atoms with Crippen LogP contribution in [0.3, 0.4) is 0 Å². The van der Waals surface area contributed by atoms with Gasteiger partial charge in [-0.1, -0.05) is 30.3 Å². The summed E-state index contributed by atoms with van der Waals surface area (Å²) >= 11 is 0. The zero-order valence-electron chi connectivity index (χ0n) is 13.9. The molecule has 3 nitrogen and oxygen atoms in total. The van der Waals surface area contributed by atoms with Crippen molar-refractivity contribution in [2.24, 2.45) is 5.92 Å². The zero-order chi connectivity index (χ0) is 15.3. The topological polar surface area (TPSA) is 41.1 Å². The van der Waals surface area contributed by atoms with Crippen LogP contribution in [0.25, 0.3) is 0 Å². The summed E-state index contributed by atoms with van der Waals surface area (Å²) in [5.74, 6) is 0.388. The fourth-order valence-electron chi connectivity index (χ4n) is 2.97. The van der Waals surface area contributed by atoms with Crippen LogP contribution in [0.4, 0.5) is 0 Å². The maximum absolute atomic E-state index is 12.4. The Morgan fingerprint density at radius 3 is 2.64 bits per heavy atom. The second kappa shape index (κ2) is 8.54. The fourth-order valence-corrected chi connectivity index (χ4v) is 2.97. The summed E-state index contributed by atoms with van der Waals surface area (Å²) in [7, 11) is 0. The van der Waals surface area contributed by atoms with E-state index >= 15 is 0 Å². The van der Waals surface area contributed by atoms with Gasteiger partial charge in [-0.25, -0.2) is 0 Å². The normalized spacial score (nSPS) is 21.8. The highest BCUT2D eigenvalue weighted by Gasteiger charge is 2.28. The number of halogens is 1. The van der Waals surface area contributed by atoms with Crippen LogP contribution in [0.1, 0.15) is 45.6 Å². The highest BCUT2D eigenvalue weighted by atomic mass is 35.5. The summed E-state index contributed by atoms with van der Waals surface area (Å²) in [6, 6.07) is 10.9. The second-order valence-electron chi connectivity index (χ2n) is 6.94. The van der Waals surface area contributed by atoms with E-state index in [1.807, 2.05) is 6.07 Å². The molecular formula is C18H29ClN2O. The van der Waals surface area contributed by atoms with Gasteiger partial charge in [-0.3, -0.25) is 4.79 Å². The van der Waals surface area contributed by atoms with Gasteiger partial charge in [0.2, 0.25) is 5.91 Å². The minimum absolute atomic E-state index is 0. The molecule has 124 valence electrons. The predicted octanol–water partition coefficient (Wildman–Crippen LogP) is 3.32. The first kappa shape index (κ1) is 19.0. The van der Waals surface area contributed by atoms with Crippen molar-refractivity contribution in [3.05, 3.63) is 35.9 Å². The van der Waals surface area contributed by atoms with Gasteiger partial charge in [0.1, 0.15) is 0 Å². The lowest BCUT2D eigenvalue weighted by Crippen LogP contribution is -2.49. The molecule has 0 bridgehead atoms. The van der Waals surface area contributed by atoms with Crippen molar-refractivity contribution < 1.29 is 4.79 Å². The van der Waals surface area contributed by atoms with E-state index in [1.165, 1.54) is 5.56 Å². The number of hydrogen-bond donors (Lipinski definition) is 2. The number of carbonyl (C=O) groups is 1. The maximum atomic E-state index is 12.4. The smallest absolute Gasteiger partial charge is 0.223 e. The van der Waals surface area contributed by atoms with Crippen LogP contribution in [-0.4, -0.2) is 24.0 Å². The Bertz CT molecular complexity index is 461. The van der Waals surface area contributed by atoms with Crippen LogP contribution in [0.15, 0.2) is 30.3 Å². The Morgan fingerprint density at radius 2 is 2.00 bits per heavy atom. The van der Waals surface area contributed by atoms with Crippen molar-refractivity contribution >= 4 is 18.3 Å². The van der Waals surface area contributed by atoms with Crippen molar-refractivity contribution in [3.8, 4) is 0 Å². The van der Waals surface area contributed by atoms with Crippen molar-refractivity contribution in [2.75, 3.05) is 6.54 Å². The maximum Gasteiger partial charge on any atom is 0.223 e. The molecule has 1 heterocycles. The number of nitrogens with one attached hydrogen (secondary N) is 2. The van der Waals surface area contributed by atoms with Crippen molar-refractivity contribution in [1.29, 1.82) is 0 Å². The third-order valence-electron chi connectivity index (χ3n) is 4.34. The molecule has 0 radical (unpaired) electrons. The molecule has 1 aliphatic heterocycles. The van der Waals surface area contributed by atoms with E-state index in [4.69, 9.17) is 0 Å². The average molecular weight is 325 g/mol. The third-order valence-corrected chi connectivity index (χ3v) is 4.34. The highest BCUT2D eigenvalue weighted by molar-refractivity contribution is 5.85. The number of hydrogen-bond acceptors (Lipinski definition) is 2. The van der Waals surface area contributed by atoms with E-state index < -0.39 is 0 Å². The molecule has 1 amide bonds. The number of piperidine rings is 1. The molecule has 1 aliphatic rings. The molecule has 1 aromatic rings. The summed E-state index contributed by atoms with van der Waals surface area (Å²) in [5, 5.41) is 6.65. The minimum Gasteiger partial charge on any atom is -0.351 e. The SMILES string of the molecule is C[C@H]1C[C@@H](C(=O)NC(C)(C)CCc2ccccc2)CCN1.Cl. The van der Waals surface area contributed by atoms with Gasteiger partial charge in [-0.05, 0) is 58.6 Å². The van der Waals surface area contributed by atoms with E-state index in [0.717, 1.165) is 32.2 Å². The van der Waals surface area contributed by atoms with Gasteiger partial charge in [0.15, 0.2) is 0 Å². The van der Waals surface area contributed by atoms with E-state index in [9.17, 15) is 4.79 Å². The lowest BCUT2D eigenvalue weighted by molar-refractivity contribution is -0.127. The molecule has 0 aliphatic carbocycles. The van der Waals surface area contributed by atoms with Crippen LogP contribution in [-0.2, 0) is 11.2 Å². The van der Waals surface area contributed by atoms with Crippen LogP contribution in [0, 0.1) is 5.92 Å². The molecule has 2 N–H and O–H groups in total. The van der Waals surface area contributed by atoms with Gasteiger partial charge >= 0.3 is 0 Å². The Hall–Kier alpha value is -1.06. The van der Waals surface area contributed by atoms with Crippen molar-refractivity contribution in [3.63, 3.8) is 0 Å². The van der Waals surface area contributed by atoms with Crippen molar-refractivity contribution in [2.45, 2.75) is 58.0 Å². The molecule has 2 atom stereocenters.